The molecule has 0 spiro atoms. The molecule has 0 bridgehead atoms. The van der Waals surface area contributed by atoms with E-state index in [9.17, 15) is 9.59 Å². The highest BCUT2D eigenvalue weighted by molar-refractivity contribution is 5.91. The van der Waals surface area contributed by atoms with Gasteiger partial charge in [-0.1, -0.05) is 24.3 Å². The van der Waals surface area contributed by atoms with E-state index in [1.54, 1.807) is 17.0 Å². The highest BCUT2D eigenvalue weighted by Crippen LogP contribution is 2.11. The van der Waals surface area contributed by atoms with Crippen LogP contribution in [0.25, 0.3) is 0 Å². The average molecular weight is 314 g/mol. The van der Waals surface area contributed by atoms with E-state index >= 15 is 0 Å². The Morgan fingerprint density at radius 1 is 1.17 bits per heavy atom. The van der Waals surface area contributed by atoms with Crippen LogP contribution in [0.4, 0.5) is 0 Å². The summed E-state index contributed by atoms with van der Waals surface area (Å²) >= 11 is 0. The second-order valence-corrected chi connectivity index (χ2v) is 5.32. The highest BCUT2D eigenvalue weighted by atomic mass is 16.3. The van der Waals surface area contributed by atoms with E-state index in [1.165, 1.54) is 11.8 Å². The zero-order chi connectivity index (χ0) is 16.7. The summed E-state index contributed by atoms with van der Waals surface area (Å²) in [4.78, 5) is 25.8. The third-order valence-electron chi connectivity index (χ3n) is 3.73. The molecule has 2 aromatic rings. The topological polar surface area (TPSA) is 62.6 Å². The highest BCUT2D eigenvalue weighted by Gasteiger charge is 2.14. The minimum atomic E-state index is -0.301. The summed E-state index contributed by atoms with van der Waals surface area (Å²) in [5, 5.41) is 2.69. The zero-order valence-corrected chi connectivity index (χ0v) is 13.5. The minimum Gasteiger partial charge on any atom is -0.459 e. The Hall–Kier alpha value is -2.56. The van der Waals surface area contributed by atoms with E-state index in [0.29, 0.717) is 19.6 Å². The van der Waals surface area contributed by atoms with E-state index in [4.69, 9.17) is 4.42 Å². The second-order valence-electron chi connectivity index (χ2n) is 5.32. The van der Waals surface area contributed by atoms with Crippen molar-refractivity contribution in [2.45, 2.75) is 26.8 Å². The van der Waals surface area contributed by atoms with Crippen LogP contribution >= 0.6 is 0 Å². The molecule has 1 aromatic heterocycles. The summed E-state index contributed by atoms with van der Waals surface area (Å²) in [7, 11) is 0. The molecule has 5 nitrogen and oxygen atoms in total. The summed E-state index contributed by atoms with van der Waals surface area (Å²) in [6.45, 7) is 5.52. The third kappa shape index (κ3) is 4.71. The summed E-state index contributed by atoms with van der Waals surface area (Å²) < 4.78 is 5.01. The Labute approximate surface area is 136 Å². The number of rotatable bonds is 7. The van der Waals surface area contributed by atoms with Crippen LogP contribution in [-0.4, -0.2) is 29.8 Å². The number of hydrogen-bond donors (Lipinski definition) is 1. The first-order chi connectivity index (χ1) is 11.1. The van der Waals surface area contributed by atoms with Gasteiger partial charge in [0.15, 0.2) is 5.76 Å². The van der Waals surface area contributed by atoms with Crippen molar-refractivity contribution in [1.29, 1.82) is 0 Å². The molecule has 122 valence electrons. The van der Waals surface area contributed by atoms with Gasteiger partial charge in [0.2, 0.25) is 5.91 Å². The molecular weight excluding hydrogens is 292 g/mol. The van der Waals surface area contributed by atoms with Crippen molar-refractivity contribution in [2.24, 2.45) is 0 Å². The van der Waals surface area contributed by atoms with Crippen molar-refractivity contribution >= 4 is 11.8 Å². The molecule has 0 saturated carbocycles. The largest absolute Gasteiger partial charge is 0.459 e. The van der Waals surface area contributed by atoms with Gasteiger partial charge in [0.1, 0.15) is 0 Å². The van der Waals surface area contributed by atoms with E-state index in [2.05, 4.69) is 5.32 Å². The van der Waals surface area contributed by atoms with E-state index in [1.807, 2.05) is 38.1 Å². The molecule has 0 unspecified atom stereocenters. The molecular formula is C18H22N2O3. The van der Waals surface area contributed by atoms with Crippen molar-refractivity contribution in [3.05, 3.63) is 59.5 Å². The summed E-state index contributed by atoms with van der Waals surface area (Å²) in [5.74, 6) is -0.0232. The SMILES string of the molecule is CCN(Cc1ccccc1C)C(=O)CCNC(=O)c1ccco1. The maximum atomic E-state index is 12.3. The van der Waals surface area contributed by atoms with Crippen LogP contribution in [0.3, 0.4) is 0 Å². The van der Waals surface area contributed by atoms with Crippen LogP contribution in [0, 0.1) is 6.92 Å². The van der Waals surface area contributed by atoms with E-state index in [0.717, 1.165) is 5.56 Å². The molecule has 0 atom stereocenters. The maximum Gasteiger partial charge on any atom is 0.286 e. The molecule has 1 N–H and O–H groups in total. The Bertz CT molecular complexity index is 650. The molecule has 1 aromatic carbocycles. The molecule has 0 saturated heterocycles. The van der Waals surface area contributed by atoms with Crippen molar-refractivity contribution in [1.82, 2.24) is 10.2 Å². The molecule has 2 rings (SSSR count). The summed E-state index contributed by atoms with van der Waals surface area (Å²) in [5.41, 5.74) is 2.31. The predicted molar refractivity (Wildman–Crippen MR) is 87.9 cm³/mol. The minimum absolute atomic E-state index is 0.0236. The predicted octanol–water partition coefficient (Wildman–Crippen LogP) is 2.76. The first-order valence-corrected chi connectivity index (χ1v) is 7.75. The average Bonchev–Trinajstić information content (AvgIpc) is 3.08. The normalized spacial score (nSPS) is 10.3. The van der Waals surface area contributed by atoms with Gasteiger partial charge < -0.3 is 14.6 Å². The van der Waals surface area contributed by atoms with Crippen LogP contribution in [0.5, 0.6) is 0 Å². The number of nitrogens with zero attached hydrogens (tertiary/aromatic N) is 1. The van der Waals surface area contributed by atoms with Crippen molar-refractivity contribution in [2.75, 3.05) is 13.1 Å². The van der Waals surface area contributed by atoms with Crippen LogP contribution < -0.4 is 5.32 Å². The van der Waals surface area contributed by atoms with Gasteiger partial charge in [0.25, 0.3) is 5.91 Å². The lowest BCUT2D eigenvalue weighted by Gasteiger charge is -2.22. The molecule has 5 heteroatoms. The van der Waals surface area contributed by atoms with Crippen LogP contribution in [0.2, 0.25) is 0 Å². The van der Waals surface area contributed by atoms with Crippen molar-refractivity contribution < 1.29 is 14.0 Å². The molecule has 23 heavy (non-hydrogen) atoms. The Kier molecular flexibility index (Phi) is 5.97. The van der Waals surface area contributed by atoms with Crippen molar-refractivity contribution in [3.63, 3.8) is 0 Å². The number of nitrogens with one attached hydrogen (secondary N) is 1. The number of aryl methyl sites for hydroxylation is 1. The smallest absolute Gasteiger partial charge is 0.286 e. The summed E-state index contributed by atoms with van der Waals surface area (Å²) in [6.07, 6.45) is 1.72. The first-order valence-electron chi connectivity index (χ1n) is 7.75. The fourth-order valence-corrected chi connectivity index (χ4v) is 2.31. The maximum absolute atomic E-state index is 12.3. The fourth-order valence-electron chi connectivity index (χ4n) is 2.31. The Morgan fingerprint density at radius 3 is 2.61 bits per heavy atom. The van der Waals surface area contributed by atoms with E-state index < -0.39 is 0 Å². The monoisotopic (exact) mass is 314 g/mol. The van der Waals surface area contributed by atoms with Gasteiger partial charge in [-0.25, -0.2) is 0 Å². The standard InChI is InChI=1S/C18H22N2O3/c1-3-20(13-15-8-5-4-7-14(15)2)17(21)10-11-19-18(22)16-9-6-12-23-16/h4-9,12H,3,10-11,13H2,1-2H3,(H,19,22). The molecule has 0 aliphatic carbocycles. The lowest BCUT2D eigenvalue weighted by Crippen LogP contribution is -2.34. The summed E-state index contributed by atoms with van der Waals surface area (Å²) in [6, 6.07) is 11.3. The molecule has 0 fully saturated rings. The van der Waals surface area contributed by atoms with Gasteiger partial charge in [-0.2, -0.15) is 0 Å². The van der Waals surface area contributed by atoms with Gasteiger partial charge in [0, 0.05) is 26.1 Å². The Balaban J connectivity index is 1.83. The number of furan rings is 1. The molecule has 2 amide bonds. The molecule has 0 radical (unpaired) electrons. The molecule has 0 aliphatic heterocycles. The number of amides is 2. The number of hydrogen-bond acceptors (Lipinski definition) is 3. The van der Waals surface area contributed by atoms with Crippen LogP contribution in [0.1, 0.15) is 35.0 Å². The van der Waals surface area contributed by atoms with Crippen LogP contribution in [0.15, 0.2) is 47.1 Å². The van der Waals surface area contributed by atoms with E-state index in [-0.39, 0.29) is 24.0 Å². The lowest BCUT2D eigenvalue weighted by atomic mass is 10.1. The number of carbonyl (C=O) groups excluding carboxylic acids is 2. The van der Waals surface area contributed by atoms with Gasteiger partial charge in [-0.15, -0.1) is 0 Å². The quantitative estimate of drug-likeness (QED) is 0.855. The van der Waals surface area contributed by atoms with Gasteiger partial charge >= 0.3 is 0 Å². The van der Waals surface area contributed by atoms with Crippen molar-refractivity contribution in [3.8, 4) is 0 Å². The second kappa shape index (κ2) is 8.17. The Morgan fingerprint density at radius 2 is 1.96 bits per heavy atom. The lowest BCUT2D eigenvalue weighted by molar-refractivity contribution is -0.131. The first kappa shape index (κ1) is 16.8. The van der Waals surface area contributed by atoms with Gasteiger partial charge in [-0.3, -0.25) is 9.59 Å². The fraction of sp³-hybridized carbons (Fsp3) is 0.333. The van der Waals surface area contributed by atoms with Crippen LogP contribution in [-0.2, 0) is 11.3 Å². The number of benzene rings is 1. The zero-order valence-electron chi connectivity index (χ0n) is 13.5. The molecule has 1 heterocycles. The van der Waals surface area contributed by atoms with Gasteiger partial charge in [0.05, 0.1) is 6.26 Å². The molecule has 0 aliphatic rings. The third-order valence-corrected chi connectivity index (χ3v) is 3.73. The van der Waals surface area contributed by atoms with Gasteiger partial charge in [-0.05, 0) is 37.1 Å². The number of carbonyl (C=O) groups is 2.